The van der Waals surface area contributed by atoms with E-state index in [-0.39, 0.29) is 5.82 Å². The molecule has 0 fully saturated rings. The maximum absolute atomic E-state index is 10.8. The Kier molecular flexibility index (Phi) is 3.64. The number of carboxylic acid groups (broad SMARTS) is 1. The summed E-state index contributed by atoms with van der Waals surface area (Å²) in [5, 5.41) is 8.83. The molecule has 1 rings (SSSR count). The van der Waals surface area contributed by atoms with Crippen molar-refractivity contribution in [1.29, 1.82) is 0 Å². The van der Waals surface area contributed by atoms with Crippen LogP contribution in [0.1, 0.15) is 17.5 Å². The summed E-state index contributed by atoms with van der Waals surface area (Å²) in [6.45, 7) is 9.45. The van der Waals surface area contributed by atoms with E-state index in [2.05, 4.69) is 34.2 Å². The van der Waals surface area contributed by atoms with Crippen LogP contribution in [-0.2, 0) is 0 Å². The number of hydrogen-bond acceptors (Lipinski definition) is 4. The van der Waals surface area contributed by atoms with Crippen molar-refractivity contribution in [1.82, 2.24) is 9.97 Å². The molecule has 16 heavy (non-hydrogen) atoms. The Morgan fingerprint density at radius 2 is 2.12 bits per heavy atom. The SMILES string of the molecule is CCN(c1ccnc(C(=O)O)n1)[Si](C)(C)C. The monoisotopic (exact) mass is 239 g/mol. The van der Waals surface area contributed by atoms with Crippen LogP contribution >= 0.6 is 0 Å². The molecule has 1 aromatic rings. The number of carboxylic acids is 1. The second-order valence-corrected chi connectivity index (χ2v) is 9.34. The lowest BCUT2D eigenvalue weighted by Gasteiger charge is -2.34. The quantitative estimate of drug-likeness (QED) is 0.812. The average molecular weight is 239 g/mol. The Morgan fingerprint density at radius 3 is 2.56 bits per heavy atom. The molecule has 88 valence electrons. The molecule has 0 aliphatic rings. The summed E-state index contributed by atoms with van der Waals surface area (Å²) in [5.41, 5.74) is 0. The third-order valence-corrected chi connectivity index (χ3v) is 4.40. The molecular formula is C10H17N3O2Si. The first-order valence-corrected chi connectivity index (χ1v) is 8.65. The average Bonchev–Trinajstić information content (AvgIpc) is 2.17. The molecule has 0 spiro atoms. The van der Waals surface area contributed by atoms with Crippen molar-refractivity contribution < 1.29 is 9.90 Å². The fraction of sp³-hybridized carbons (Fsp3) is 0.500. The molecule has 0 saturated heterocycles. The van der Waals surface area contributed by atoms with Gasteiger partial charge in [-0.25, -0.2) is 14.8 Å². The fourth-order valence-corrected chi connectivity index (χ4v) is 3.34. The van der Waals surface area contributed by atoms with Crippen LogP contribution in [0.3, 0.4) is 0 Å². The van der Waals surface area contributed by atoms with Gasteiger partial charge in [0.15, 0.2) is 0 Å². The van der Waals surface area contributed by atoms with E-state index in [1.165, 1.54) is 6.20 Å². The zero-order valence-electron chi connectivity index (χ0n) is 10.1. The predicted octanol–water partition coefficient (Wildman–Crippen LogP) is 1.84. The lowest BCUT2D eigenvalue weighted by molar-refractivity contribution is 0.0683. The molecule has 0 atom stereocenters. The van der Waals surface area contributed by atoms with E-state index in [0.29, 0.717) is 5.82 Å². The van der Waals surface area contributed by atoms with Crippen molar-refractivity contribution in [3.63, 3.8) is 0 Å². The van der Waals surface area contributed by atoms with E-state index >= 15 is 0 Å². The Bertz CT molecular complexity index is 390. The summed E-state index contributed by atoms with van der Waals surface area (Å²) < 4.78 is 2.17. The number of anilines is 1. The maximum Gasteiger partial charge on any atom is 0.374 e. The van der Waals surface area contributed by atoms with Crippen LogP contribution in [0.15, 0.2) is 12.3 Å². The Morgan fingerprint density at radius 1 is 1.50 bits per heavy atom. The first-order chi connectivity index (χ1) is 7.36. The molecule has 0 radical (unpaired) electrons. The molecule has 0 bridgehead atoms. The number of rotatable bonds is 4. The molecule has 0 aliphatic heterocycles. The highest BCUT2D eigenvalue weighted by Gasteiger charge is 2.24. The normalized spacial score (nSPS) is 11.2. The standard InChI is InChI=1S/C10H17N3O2Si/c1-5-13(16(2,3)4)8-6-7-11-9(12-8)10(14)15/h6-7H,5H2,1-4H3,(H,14,15). The molecule has 1 aromatic heterocycles. The van der Waals surface area contributed by atoms with Gasteiger partial charge >= 0.3 is 5.97 Å². The van der Waals surface area contributed by atoms with Gasteiger partial charge in [-0.05, 0) is 13.0 Å². The van der Waals surface area contributed by atoms with Gasteiger partial charge in [0.25, 0.3) is 0 Å². The van der Waals surface area contributed by atoms with E-state index in [0.717, 1.165) is 6.54 Å². The minimum Gasteiger partial charge on any atom is -0.475 e. The van der Waals surface area contributed by atoms with Crippen LogP contribution in [0.5, 0.6) is 0 Å². The van der Waals surface area contributed by atoms with Crippen molar-refractivity contribution in [2.24, 2.45) is 0 Å². The van der Waals surface area contributed by atoms with Crippen molar-refractivity contribution >= 4 is 20.0 Å². The lowest BCUT2D eigenvalue weighted by atomic mass is 10.5. The second kappa shape index (κ2) is 4.61. The van der Waals surface area contributed by atoms with Gasteiger partial charge in [-0.3, -0.25) is 0 Å². The number of hydrogen-bond donors (Lipinski definition) is 1. The third-order valence-electron chi connectivity index (χ3n) is 2.23. The Balaban J connectivity index is 3.11. The van der Waals surface area contributed by atoms with E-state index in [4.69, 9.17) is 5.11 Å². The molecular weight excluding hydrogens is 222 g/mol. The summed E-state index contributed by atoms with van der Waals surface area (Å²) in [5.74, 6) is -0.531. The van der Waals surface area contributed by atoms with Gasteiger partial charge in [0.2, 0.25) is 5.82 Å². The van der Waals surface area contributed by atoms with E-state index in [9.17, 15) is 4.79 Å². The molecule has 6 heteroatoms. The first kappa shape index (κ1) is 12.6. The predicted molar refractivity (Wildman–Crippen MR) is 65.4 cm³/mol. The number of aromatic carboxylic acids is 1. The highest BCUT2D eigenvalue weighted by atomic mass is 28.3. The molecule has 0 saturated carbocycles. The van der Waals surface area contributed by atoms with Crippen molar-refractivity contribution in [2.45, 2.75) is 26.6 Å². The highest BCUT2D eigenvalue weighted by molar-refractivity contribution is 6.79. The van der Waals surface area contributed by atoms with Crippen molar-refractivity contribution in [3.05, 3.63) is 18.1 Å². The van der Waals surface area contributed by atoms with Crippen LogP contribution in [0.25, 0.3) is 0 Å². The first-order valence-electron chi connectivity index (χ1n) is 5.20. The highest BCUT2D eigenvalue weighted by Crippen LogP contribution is 2.18. The summed E-state index contributed by atoms with van der Waals surface area (Å²) in [6.07, 6.45) is 1.49. The molecule has 1 N–H and O–H groups in total. The smallest absolute Gasteiger partial charge is 0.374 e. The van der Waals surface area contributed by atoms with Crippen LogP contribution in [0.2, 0.25) is 19.6 Å². The van der Waals surface area contributed by atoms with Gasteiger partial charge in [0, 0.05) is 12.7 Å². The zero-order chi connectivity index (χ0) is 12.3. The molecule has 0 aliphatic carbocycles. The van der Waals surface area contributed by atoms with Gasteiger partial charge in [-0.2, -0.15) is 0 Å². The Hall–Kier alpha value is -1.43. The number of nitrogens with zero attached hydrogens (tertiary/aromatic N) is 3. The summed E-state index contributed by atoms with van der Waals surface area (Å²) >= 11 is 0. The van der Waals surface area contributed by atoms with Crippen LogP contribution in [0, 0.1) is 0 Å². The number of aromatic nitrogens is 2. The zero-order valence-corrected chi connectivity index (χ0v) is 11.1. The molecule has 0 unspecified atom stereocenters. The summed E-state index contributed by atoms with van der Waals surface area (Å²) in [6, 6.07) is 1.76. The lowest BCUT2D eigenvalue weighted by Crippen LogP contribution is -2.46. The van der Waals surface area contributed by atoms with E-state index in [1.807, 2.05) is 6.92 Å². The Labute approximate surface area is 96.2 Å². The largest absolute Gasteiger partial charge is 0.475 e. The minimum atomic E-state index is -1.54. The van der Waals surface area contributed by atoms with E-state index < -0.39 is 14.2 Å². The van der Waals surface area contributed by atoms with Crippen molar-refractivity contribution in [2.75, 3.05) is 11.1 Å². The molecule has 5 nitrogen and oxygen atoms in total. The third kappa shape index (κ3) is 2.79. The molecule has 1 heterocycles. The van der Waals surface area contributed by atoms with Gasteiger partial charge in [0.05, 0.1) is 0 Å². The molecule has 0 aromatic carbocycles. The molecule has 0 amide bonds. The fourth-order valence-electron chi connectivity index (χ4n) is 1.58. The van der Waals surface area contributed by atoms with Gasteiger partial charge < -0.3 is 9.67 Å². The van der Waals surface area contributed by atoms with E-state index in [1.54, 1.807) is 6.07 Å². The van der Waals surface area contributed by atoms with Crippen LogP contribution in [-0.4, -0.2) is 35.8 Å². The second-order valence-electron chi connectivity index (χ2n) is 4.46. The van der Waals surface area contributed by atoms with Crippen LogP contribution in [0.4, 0.5) is 5.82 Å². The van der Waals surface area contributed by atoms with Gasteiger partial charge in [-0.1, -0.05) is 19.6 Å². The maximum atomic E-state index is 10.8. The van der Waals surface area contributed by atoms with Gasteiger partial charge in [0.1, 0.15) is 14.1 Å². The van der Waals surface area contributed by atoms with Crippen LogP contribution < -0.4 is 4.57 Å². The van der Waals surface area contributed by atoms with Gasteiger partial charge in [-0.15, -0.1) is 0 Å². The summed E-state index contributed by atoms with van der Waals surface area (Å²) in [7, 11) is -1.54. The number of carbonyl (C=O) groups is 1. The summed E-state index contributed by atoms with van der Waals surface area (Å²) in [4.78, 5) is 18.6. The minimum absolute atomic E-state index is 0.144. The van der Waals surface area contributed by atoms with Crippen molar-refractivity contribution in [3.8, 4) is 0 Å². The topological polar surface area (TPSA) is 66.3 Å².